The third-order valence-electron chi connectivity index (χ3n) is 2.73. The predicted molar refractivity (Wildman–Crippen MR) is 55.4 cm³/mol. The fourth-order valence-electron chi connectivity index (χ4n) is 1.46. The number of unbranched alkanes of at least 4 members (excludes halogenated alkanes) is 1. The zero-order valence-corrected chi connectivity index (χ0v) is 8.99. The third-order valence-corrected chi connectivity index (χ3v) is 2.73. The van der Waals surface area contributed by atoms with Crippen LogP contribution in [0, 0.1) is 5.41 Å². The van der Waals surface area contributed by atoms with Crippen molar-refractivity contribution < 1.29 is 19.5 Å². The van der Waals surface area contributed by atoms with Gasteiger partial charge in [-0.3, -0.25) is 14.4 Å². The van der Waals surface area contributed by atoms with Crippen molar-refractivity contribution in [2.45, 2.75) is 32.1 Å². The van der Waals surface area contributed by atoms with Gasteiger partial charge in [0.2, 0.25) is 11.8 Å². The summed E-state index contributed by atoms with van der Waals surface area (Å²) in [6.45, 7) is 0.390. The fourth-order valence-corrected chi connectivity index (χ4v) is 1.46. The molecule has 4 N–H and O–H groups in total. The van der Waals surface area contributed by atoms with Gasteiger partial charge in [0.15, 0.2) is 0 Å². The van der Waals surface area contributed by atoms with E-state index in [1.54, 1.807) is 0 Å². The van der Waals surface area contributed by atoms with Crippen LogP contribution in [0.15, 0.2) is 0 Å². The maximum atomic E-state index is 11.5. The molecule has 0 atom stereocenters. The van der Waals surface area contributed by atoms with Gasteiger partial charge in [0.05, 0.1) is 0 Å². The van der Waals surface area contributed by atoms with Crippen LogP contribution < -0.4 is 11.1 Å². The molecule has 0 aliphatic heterocycles. The maximum Gasteiger partial charge on any atom is 0.319 e. The van der Waals surface area contributed by atoms with Gasteiger partial charge < -0.3 is 16.2 Å². The van der Waals surface area contributed by atoms with Gasteiger partial charge in [0.25, 0.3) is 0 Å². The van der Waals surface area contributed by atoms with Crippen molar-refractivity contribution in [3.8, 4) is 0 Å². The smallest absolute Gasteiger partial charge is 0.319 e. The van der Waals surface area contributed by atoms with Crippen molar-refractivity contribution in [1.82, 2.24) is 5.32 Å². The molecule has 16 heavy (non-hydrogen) atoms. The lowest BCUT2D eigenvalue weighted by atomic mass is 10.1. The molecule has 0 spiro atoms. The molecule has 6 nitrogen and oxygen atoms in total. The Balaban J connectivity index is 2.16. The van der Waals surface area contributed by atoms with Crippen LogP contribution >= 0.6 is 0 Å². The van der Waals surface area contributed by atoms with E-state index in [0.717, 1.165) is 0 Å². The molecule has 1 rings (SSSR count). The third kappa shape index (κ3) is 2.95. The van der Waals surface area contributed by atoms with Crippen LogP contribution in [0.1, 0.15) is 32.1 Å². The summed E-state index contributed by atoms with van der Waals surface area (Å²) < 4.78 is 0. The average Bonchev–Trinajstić information content (AvgIpc) is 2.96. The summed E-state index contributed by atoms with van der Waals surface area (Å²) >= 11 is 0. The van der Waals surface area contributed by atoms with Crippen molar-refractivity contribution in [1.29, 1.82) is 0 Å². The molecule has 0 aromatic carbocycles. The number of nitrogens with two attached hydrogens (primary N) is 1. The van der Waals surface area contributed by atoms with E-state index in [-0.39, 0.29) is 5.91 Å². The summed E-state index contributed by atoms with van der Waals surface area (Å²) in [6.07, 6.45) is 2.35. The van der Waals surface area contributed by atoms with Gasteiger partial charge in [0, 0.05) is 13.0 Å². The van der Waals surface area contributed by atoms with Crippen LogP contribution in [0.3, 0.4) is 0 Å². The first-order valence-corrected chi connectivity index (χ1v) is 5.29. The molecule has 1 aliphatic rings. The van der Waals surface area contributed by atoms with Crippen LogP contribution in [0.25, 0.3) is 0 Å². The Labute approximate surface area is 93.2 Å². The minimum Gasteiger partial charge on any atom is -0.480 e. The van der Waals surface area contributed by atoms with Gasteiger partial charge >= 0.3 is 5.97 Å². The molecule has 0 radical (unpaired) electrons. The first kappa shape index (κ1) is 12.5. The molecule has 1 fully saturated rings. The second kappa shape index (κ2) is 4.96. The summed E-state index contributed by atoms with van der Waals surface area (Å²) in [5, 5.41) is 11.4. The number of nitrogens with one attached hydrogen (secondary N) is 1. The van der Waals surface area contributed by atoms with Gasteiger partial charge in [-0.05, 0) is 25.7 Å². The largest absolute Gasteiger partial charge is 0.480 e. The number of carbonyl (C=O) groups is 3. The number of amides is 2. The van der Waals surface area contributed by atoms with Gasteiger partial charge in [0.1, 0.15) is 5.41 Å². The molecule has 0 bridgehead atoms. The highest BCUT2D eigenvalue weighted by molar-refractivity contribution is 6.04. The number of rotatable bonds is 7. The number of aliphatic carboxylic acids is 1. The van der Waals surface area contributed by atoms with E-state index < -0.39 is 17.3 Å². The van der Waals surface area contributed by atoms with Gasteiger partial charge in [-0.1, -0.05) is 0 Å². The van der Waals surface area contributed by atoms with Gasteiger partial charge in [-0.25, -0.2) is 0 Å². The number of carboxylic acid groups (broad SMARTS) is 1. The molecule has 0 aromatic rings. The Morgan fingerprint density at radius 3 is 2.31 bits per heavy atom. The number of primary amides is 1. The summed E-state index contributed by atoms with van der Waals surface area (Å²) in [5.41, 5.74) is 3.77. The van der Waals surface area contributed by atoms with Crippen molar-refractivity contribution in [2.24, 2.45) is 11.1 Å². The summed E-state index contributed by atoms with van der Waals surface area (Å²) in [6, 6.07) is 0. The van der Waals surface area contributed by atoms with E-state index in [2.05, 4.69) is 5.32 Å². The van der Waals surface area contributed by atoms with E-state index in [0.29, 0.717) is 38.6 Å². The van der Waals surface area contributed by atoms with Crippen molar-refractivity contribution in [3.63, 3.8) is 0 Å². The zero-order valence-electron chi connectivity index (χ0n) is 8.99. The minimum atomic E-state index is -1.18. The van der Waals surface area contributed by atoms with E-state index in [4.69, 9.17) is 10.8 Å². The Hall–Kier alpha value is -1.59. The standard InChI is InChI=1S/C10H16N2O4/c11-7(13)3-1-2-6-12-8(14)10(4-5-10)9(15)16/h1-6H2,(H2,11,13)(H,12,14)(H,15,16). The Bertz CT molecular complexity index is 310. The molecular weight excluding hydrogens is 212 g/mol. The number of carbonyl (C=O) groups excluding carboxylic acids is 2. The molecule has 1 aliphatic carbocycles. The Morgan fingerprint density at radius 1 is 1.25 bits per heavy atom. The summed E-state index contributed by atoms with van der Waals surface area (Å²) in [5.74, 6) is -1.84. The normalized spacial score (nSPS) is 16.5. The van der Waals surface area contributed by atoms with Gasteiger partial charge in [-0.15, -0.1) is 0 Å². The van der Waals surface area contributed by atoms with Crippen LogP contribution in [0.4, 0.5) is 0 Å². The molecule has 6 heteroatoms. The van der Waals surface area contributed by atoms with Crippen molar-refractivity contribution >= 4 is 17.8 Å². The molecule has 0 heterocycles. The first-order valence-electron chi connectivity index (χ1n) is 5.29. The number of carboxylic acids is 1. The quantitative estimate of drug-likeness (QED) is 0.407. The lowest BCUT2D eigenvalue weighted by Crippen LogP contribution is -2.37. The monoisotopic (exact) mass is 228 g/mol. The van der Waals surface area contributed by atoms with Crippen molar-refractivity contribution in [2.75, 3.05) is 6.54 Å². The van der Waals surface area contributed by atoms with Crippen LogP contribution in [-0.2, 0) is 14.4 Å². The van der Waals surface area contributed by atoms with Gasteiger partial charge in [-0.2, -0.15) is 0 Å². The second-order valence-electron chi connectivity index (χ2n) is 4.07. The number of hydrogen-bond donors (Lipinski definition) is 3. The van der Waals surface area contributed by atoms with Crippen LogP contribution in [0.2, 0.25) is 0 Å². The van der Waals surface area contributed by atoms with E-state index in [1.165, 1.54) is 0 Å². The molecule has 0 unspecified atom stereocenters. The highest BCUT2D eigenvalue weighted by atomic mass is 16.4. The highest BCUT2D eigenvalue weighted by Gasteiger charge is 2.56. The van der Waals surface area contributed by atoms with Crippen molar-refractivity contribution in [3.05, 3.63) is 0 Å². The van der Waals surface area contributed by atoms with E-state index in [1.807, 2.05) is 0 Å². The SMILES string of the molecule is NC(=O)CCCCNC(=O)C1(C(=O)O)CC1. The number of hydrogen-bond acceptors (Lipinski definition) is 3. The molecule has 0 saturated heterocycles. The van der Waals surface area contributed by atoms with E-state index in [9.17, 15) is 14.4 Å². The molecule has 2 amide bonds. The lowest BCUT2D eigenvalue weighted by Gasteiger charge is -2.10. The average molecular weight is 228 g/mol. The second-order valence-corrected chi connectivity index (χ2v) is 4.07. The van der Waals surface area contributed by atoms with Crippen LogP contribution in [0.5, 0.6) is 0 Å². The summed E-state index contributed by atoms with van der Waals surface area (Å²) in [7, 11) is 0. The van der Waals surface area contributed by atoms with Crippen LogP contribution in [-0.4, -0.2) is 29.4 Å². The predicted octanol–water partition coefficient (Wildman–Crippen LogP) is -0.377. The maximum absolute atomic E-state index is 11.5. The molecular formula is C10H16N2O4. The zero-order chi connectivity index (χ0) is 12.2. The summed E-state index contributed by atoms with van der Waals surface area (Å²) in [4.78, 5) is 32.7. The minimum absolute atomic E-state index is 0.292. The highest BCUT2D eigenvalue weighted by Crippen LogP contribution is 2.45. The molecule has 90 valence electrons. The first-order chi connectivity index (χ1) is 7.49. The fraction of sp³-hybridized carbons (Fsp3) is 0.700. The lowest BCUT2D eigenvalue weighted by molar-refractivity contribution is -0.149. The van der Waals surface area contributed by atoms with E-state index >= 15 is 0 Å². The topological polar surface area (TPSA) is 109 Å². The molecule has 0 aromatic heterocycles. The Morgan fingerprint density at radius 2 is 1.88 bits per heavy atom. The molecule has 1 saturated carbocycles. The Kier molecular flexibility index (Phi) is 3.87.